The van der Waals surface area contributed by atoms with Gasteiger partial charge in [0.15, 0.2) is 5.13 Å². The predicted molar refractivity (Wildman–Crippen MR) is 114 cm³/mol. The highest BCUT2D eigenvalue weighted by molar-refractivity contribution is 7.98. The van der Waals surface area contributed by atoms with Crippen molar-refractivity contribution < 1.29 is 13.9 Å². The largest absolute Gasteiger partial charge is 0.497 e. The second-order valence-electron chi connectivity index (χ2n) is 6.03. The summed E-state index contributed by atoms with van der Waals surface area (Å²) >= 11 is 3.06. The smallest absolute Gasteiger partial charge is 0.260 e. The average Bonchev–Trinajstić information content (AvgIpc) is 3.40. The van der Waals surface area contributed by atoms with E-state index in [2.05, 4.69) is 4.98 Å². The molecule has 2 heterocycles. The molecule has 0 aliphatic rings. The number of thiazole rings is 1. The van der Waals surface area contributed by atoms with E-state index in [1.807, 2.05) is 60.9 Å². The van der Waals surface area contributed by atoms with Crippen LogP contribution < -0.4 is 9.64 Å². The normalized spacial score (nSPS) is 10.9. The Hall–Kier alpha value is -2.77. The molecule has 0 fully saturated rings. The first-order valence-electron chi connectivity index (χ1n) is 8.61. The lowest BCUT2D eigenvalue weighted by Crippen LogP contribution is -2.30. The van der Waals surface area contributed by atoms with Gasteiger partial charge in [0.1, 0.15) is 11.5 Å². The van der Waals surface area contributed by atoms with Gasteiger partial charge in [0.25, 0.3) is 5.91 Å². The first-order chi connectivity index (χ1) is 13.7. The molecule has 4 aromatic rings. The zero-order valence-corrected chi connectivity index (χ0v) is 17.0. The molecule has 5 nitrogen and oxygen atoms in total. The van der Waals surface area contributed by atoms with Crippen LogP contribution in [0.15, 0.2) is 70.2 Å². The molecule has 7 heteroatoms. The number of ether oxygens (including phenoxy) is 1. The number of anilines is 1. The standard InChI is InChI=1S/C21H18N2O3S2/c1-25-15-8-9-18-19(12-15)28-21(22-18)23(13-16-6-4-10-26-16)20(24)14-5-3-7-17(11-14)27-2/h3-12H,13H2,1-2H3. The Kier molecular flexibility index (Phi) is 5.36. The molecule has 1 amide bonds. The van der Waals surface area contributed by atoms with Gasteiger partial charge in [0.05, 0.1) is 30.1 Å². The number of furan rings is 1. The van der Waals surface area contributed by atoms with Crippen LogP contribution in [0.5, 0.6) is 5.75 Å². The first kappa shape index (κ1) is 18.6. The van der Waals surface area contributed by atoms with Gasteiger partial charge in [0.2, 0.25) is 0 Å². The third-order valence-corrected chi connectivity index (χ3v) is 6.04. The Morgan fingerprint density at radius 3 is 2.86 bits per heavy atom. The van der Waals surface area contributed by atoms with Gasteiger partial charge in [-0.1, -0.05) is 17.4 Å². The number of amides is 1. The lowest BCUT2D eigenvalue weighted by Gasteiger charge is -2.19. The van der Waals surface area contributed by atoms with Crippen LogP contribution >= 0.6 is 23.1 Å². The Balaban J connectivity index is 1.75. The minimum Gasteiger partial charge on any atom is -0.497 e. The molecule has 2 aromatic heterocycles. The first-order valence-corrected chi connectivity index (χ1v) is 10.6. The van der Waals surface area contributed by atoms with Gasteiger partial charge in [0, 0.05) is 10.5 Å². The average molecular weight is 411 g/mol. The molecular weight excluding hydrogens is 392 g/mol. The highest BCUT2D eigenvalue weighted by Gasteiger charge is 2.23. The summed E-state index contributed by atoms with van der Waals surface area (Å²) in [6.45, 7) is 0.312. The Morgan fingerprint density at radius 1 is 1.21 bits per heavy atom. The maximum Gasteiger partial charge on any atom is 0.260 e. The maximum absolute atomic E-state index is 13.4. The van der Waals surface area contributed by atoms with Crippen LogP contribution in [0.2, 0.25) is 0 Å². The van der Waals surface area contributed by atoms with E-state index in [-0.39, 0.29) is 5.91 Å². The predicted octanol–water partition coefficient (Wildman–Crippen LogP) is 5.47. The van der Waals surface area contributed by atoms with Crippen LogP contribution in [0.4, 0.5) is 5.13 Å². The van der Waals surface area contributed by atoms with Crippen molar-refractivity contribution in [3.05, 3.63) is 72.2 Å². The summed E-state index contributed by atoms with van der Waals surface area (Å²) in [4.78, 5) is 20.7. The van der Waals surface area contributed by atoms with Crippen LogP contribution in [0.1, 0.15) is 16.1 Å². The molecule has 0 unspecified atom stereocenters. The number of carbonyl (C=O) groups is 1. The number of thioether (sulfide) groups is 1. The molecule has 0 atom stereocenters. The Morgan fingerprint density at radius 2 is 2.11 bits per heavy atom. The molecule has 0 spiro atoms. The fourth-order valence-electron chi connectivity index (χ4n) is 2.83. The van der Waals surface area contributed by atoms with Gasteiger partial charge in [-0.25, -0.2) is 4.98 Å². The number of nitrogens with zero attached hydrogens (tertiary/aromatic N) is 2. The highest BCUT2D eigenvalue weighted by Crippen LogP contribution is 2.33. The summed E-state index contributed by atoms with van der Waals surface area (Å²) in [5.74, 6) is 1.35. The molecule has 2 aromatic carbocycles. The third kappa shape index (κ3) is 3.76. The van der Waals surface area contributed by atoms with Crippen LogP contribution in [-0.2, 0) is 6.54 Å². The number of hydrogen-bond donors (Lipinski definition) is 0. The number of rotatable bonds is 6. The van der Waals surface area contributed by atoms with Crippen LogP contribution in [-0.4, -0.2) is 24.3 Å². The molecule has 4 rings (SSSR count). The van der Waals surface area contributed by atoms with E-state index in [1.165, 1.54) is 11.3 Å². The van der Waals surface area contributed by atoms with E-state index in [4.69, 9.17) is 9.15 Å². The van der Waals surface area contributed by atoms with E-state index in [0.717, 1.165) is 20.9 Å². The fraction of sp³-hybridized carbons (Fsp3) is 0.143. The minimum absolute atomic E-state index is 0.113. The van der Waals surface area contributed by atoms with Crippen molar-refractivity contribution in [3.8, 4) is 5.75 Å². The molecule has 142 valence electrons. The third-order valence-electron chi connectivity index (χ3n) is 4.27. The molecule has 0 bridgehead atoms. The van der Waals surface area contributed by atoms with Crippen molar-refractivity contribution >= 4 is 44.4 Å². The quantitative estimate of drug-likeness (QED) is 0.395. The van der Waals surface area contributed by atoms with Crippen LogP contribution in [0.25, 0.3) is 10.2 Å². The number of hydrogen-bond acceptors (Lipinski definition) is 6. The highest BCUT2D eigenvalue weighted by atomic mass is 32.2. The molecule has 0 aliphatic carbocycles. The molecular formula is C21H18N2O3S2. The second kappa shape index (κ2) is 8.08. The SMILES string of the molecule is COc1ccc2nc(N(Cc3ccco3)C(=O)c3cccc(SC)c3)sc2c1. The van der Waals surface area contributed by atoms with Gasteiger partial charge in [-0.2, -0.15) is 0 Å². The van der Waals surface area contributed by atoms with Crippen molar-refractivity contribution in [2.75, 3.05) is 18.3 Å². The lowest BCUT2D eigenvalue weighted by atomic mass is 10.2. The summed E-state index contributed by atoms with van der Waals surface area (Å²) < 4.78 is 11.7. The van der Waals surface area contributed by atoms with Crippen molar-refractivity contribution in [1.29, 1.82) is 0 Å². The molecule has 0 radical (unpaired) electrons. The summed E-state index contributed by atoms with van der Waals surface area (Å²) in [5.41, 5.74) is 1.45. The summed E-state index contributed by atoms with van der Waals surface area (Å²) in [6, 6.07) is 17.0. The maximum atomic E-state index is 13.4. The summed E-state index contributed by atoms with van der Waals surface area (Å²) in [5, 5.41) is 0.624. The Bertz CT molecular complexity index is 1110. The van der Waals surface area contributed by atoms with Gasteiger partial charge in [-0.15, -0.1) is 11.8 Å². The zero-order valence-electron chi connectivity index (χ0n) is 15.4. The van der Waals surface area contributed by atoms with Crippen molar-refractivity contribution in [3.63, 3.8) is 0 Å². The van der Waals surface area contributed by atoms with E-state index in [9.17, 15) is 4.79 Å². The van der Waals surface area contributed by atoms with Gasteiger partial charge in [-0.3, -0.25) is 9.69 Å². The van der Waals surface area contributed by atoms with Gasteiger partial charge in [-0.05, 0) is 54.8 Å². The minimum atomic E-state index is -0.113. The van der Waals surface area contributed by atoms with Crippen molar-refractivity contribution in [2.24, 2.45) is 0 Å². The van der Waals surface area contributed by atoms with E-state index in [1.54, 1.807) is 30.0 Å². The molecule has 0 aliphatic heterocycles. The molecule has 0 saturated heterocycles. The number of benzene rings is 2. The monoisotopic (exact) mass is 410 g/mol. The van der Waals surface area contributed by atoms with Crippen molar-refractivity contribution in [1.82, 2.24) is 4.98 Å². The molecule has 28 heavy (non-hydrogen) atoms. The lowest BCUT2D eigenvalue weighted by molar-refractivity contribution is 0.0983. The fourth-order valence-corrected chi connectivity index (χ4v) is 4.28. The number of aromatic nitrogens is 1. The van der Waals surface area contributed by atoms with Crippen LogP contribution in [0, 0.1) is 0 Å². The summed E-state index contributed by atoms with van der Waals surface area (Å²) in [6.07, 6.45) is 3.60. The Labute approximate surface area is 170 Å². The number of methoxy groups -OCH3 is 1. The number of carbonyl (C=O) groups excluding carboxylic acids is 1. The van der Waals surface area contributed by atoms with Crippen LogP contribution in [0.3, 0.4) is 0 Å². The zero-order chi connectivity index (χ0) is 19.5. The topological polar surface area (TPSA) is 55.6 Å². The molecule has 0 saturated carbocycles. The van der Waals surface area contributed by atoms with Gasteiger partial charge < -0.3 is 9.15 Å². The van der Waals surface area contributed by atoms with E-state index >= 15 is 0 Å². The molecule has 0 N–H and O–H groups in total. The number of fused-ring (bicyclic) bond motifs is 1. The van der Waals surface area contributed by atoms with Crippen molar-refractivity contribution in [2.45, 2.75) is 11.4 Å². The summed E-state index contributed by atoms with van der Waals surface area (Å²) in [7, 11) is 1.63. The van der Waals surface area contributed by atoms with E-state index in [0.29, 0.717) is 23.0 Å². The van der Waals surface area contributed by atoms with E-state index < -0.39 is 0 Å². The van der Waals surface area contributed by atoms with Gasteiger partial charge >= 0.3 is 0 Å². The second-order valence-corrected chi connectivity index (χ2v) is 7.92.